The van der Waals surface area contributed by atoms with Crippen LogP contribution in [0.5, 0.6) is 0 Å². The summed E-state index contributed by atoms with van der Waals surface area (Å²) >= 11 is 0. The number of rotatable bonds is 17. The molecule has 9 nitrogen and oxygen atoms in total. The SMILES string of the molecule is CCO[Si](CCCN)(OCC)OCC.CO[Si](CCCNCN)(OC)OC. The van der Waals surface area contributed by atoms with Gasteiger partial charge < -0.3 is 43.3 Å². The molecule has 11 heteroatoms. The first-order chi connectivity index (χ1) is 13.0. The van der Waals surface area contributed by atoms with Gasteiger partial charge in [-0.1, -0.05) is 0 Å². The van der Waals surface area contributed by atoms with Crippen molar-refractivity contribution in [3.8, 4) is 0 Å². The number of nitrogens with two attached hydrogens (primary N) is 2. The molecule has 27 heavy (non-hydrogen) atoms. The molecule has 0 aliphatic heterocycles. The van der Waals surface area contributed by atoms with Gasteiger partial charge >= 0.3 is 17.6 Å². The summed E-state index contributed by atoms with van der Waals surface area (Å²) in [5, 5.41) is 3.03. The van der Waals surface area contributed by atoms with E-state index in [4.69, 9.17) is 38.0 Å². The molecule has 0 unspecified atom stereocenters. The van der Waals surface area contributed by atoms with Gasteiger partial charge in [0.05, 0.1) is 0 Å². The Labute approximate surface area is 168 Å². The second-order valence-electron chi connectivity index (χ2n) is 5.48. The van der Waals surface area contributed by atoms with Crippen LogP contribution >= 0.6 is 0 Å². The van der Waals surface area contributed by atoms with Crippen LogP contribution in [0.2, 0.25) is 12.1 Å². The third-order valence-electron chi connectivity index (χ3n) is 3.69. The molecule has 0 aromatic heterocycles. The van der Waals surface area contributed by atoms with E-state index in [0.717, 1.165) is 31.5 Å². The van der Waals surface area contributed by atoms with Gasteiger partial charge in [-0.2, -0.15) is 0 Å². The van der Waals surface area contributed by atoms with Crippen LogP contribution in [0.1, 0.15) is 33.6 Å². The molecule has 0 amide bonds. The van der Waals surface area contributed by atoms with Crippen LogP contribution < -0.4 is 16.8 Å². The molecule has 0 saturated carbocycles. The normalized spacial score (nSPS) is 12.0. The van der Waals surface area contributed by atoms with Crippen LogP contribution in [0.15, 0.2) is 0 Å². The molecule has 0 aromatic rings. The highest BCUT2D eigenvalue weighted by Crippen LogP contribution is 2.17. The van der Waals surface area contributed by atoms with Gasteiger partial charge in [0.25, 0.3) is 0 Å². The maximum absolute atomic E-state index is 5.65. The van der Waals surface area contributed by atoms with Crippen molar-refractivity contribution >= 4 is 17.6 Å². The van der Waals surface area contributed by atoms with E-state index in [-0.39, 0.29) is 0 Å². The van der Waals surface area contributed by atoms with Gasteiger partial charge in [-0.15, -0.1) is 0 Å². The number of nitrogens with one attached hydrogen (secondary N) is 1. The van der Waals surface area contributed by atoms with Gasteiger partial charge in [0.1, 0.15) is 0 Å². The summed E-state index contributed by atoms with van der Waals surface area (Å²) < 4.78 is 32.7. The quantitative estimate of drug-likeness (QED) is 0.178. The summed E-state index contributed by atoms with van der Waals surface area (Å²) in [4.78, 5) is 0. The third kappa shape index (κ3) is 13.8. The van der Waals surface area contributed by atoms with Crippen LogP contribution in [0.25, 0.3) is 0 Å². The first-order valence-electron chi connectivity index (χ1n) is 9.67. The van der Waals surface area contributed by atoms with E-state index in [0.29, 0.717) is 33.0 Å². The van der Waals surface area contributed by atoms with Crippen molar-refractivity contribution in [3.05, 3.63) is 0 Å². The average molecular weight is 430 g/mol. The zero-order chi connectivity index (χ0) is 21.0. The minimum Gasteiger partial charge on any atom is -0.377 e. The van der Waals surface area contributed by atoms with Crippen molar-refractivity contribution in [1.82, 2.24) is 5.32 Å². The fourth-order valence-electron chi connectivity index (χ4n) is 2.41. The highest BCUT2D eigenvalue weighted by atomic mass is 28.4. The monoisotopic (exact) mass is 429 g/mol. The average Bonchev–Trinajstić information content (AvgIpc) is 2.68. The maximum Gasteiger partial charge on any atom is 0.500 e. The molecule has 0 atom stereocenters. The highest BCUT2D eigenvalue weighted by Gasteiger charge is 2.39. The molecule has 0 aliphatic rings. The van der Waals surface area contributed by atoms with E-state index >= 15 is 0 Å². The van der Waals surface area contributed by atoms with Crippen molar-refractivity contribution in [2.75, 3.05) is 60.9 Å². The largest absolute Gasteiger partial charge is 0.500 e. The Hall–Kier alpha value is 0.0738. The van der Waals surface area contributed by atoms with E-state index in [2.05, 4.69) is 5.32 Å². The van der Waals surface area contributed by atoms with Crippen LogP contribution in [-0.2, 0) is 26.6 Å². The number of hydrogen-bond donors (Lipinski definition) is 3. The maximum atomic E-state index is 5.65. The molecule has 0 saturated heterocycles. The van der Waals surface area contributed by atoms with Crippen molar-refractivity contribution in [3.63, 3.8) is 0 Å². The summed E-state index contributed by atoms with van der Waals surface area (Å²) in [7, 11) is 0.117. The lowest BCUT2D eigenvalue weighted by Gasteiger charge is -2.28. The Balaban J connectivity index is 0. The summed E-state index contributed by atoms with van der Waals surface area (Å²) in [5.74, 6) is 0. The van der Waals surface area contributed by atoms with Crippen LogP contribution in [-0.4, -0.2) is 78.5 Å². The van der Waals surface area contributed by atoms with Crippen molar-refractivity contribution in [1.29, 1.82) is 0 Å². The van der Waals surface area contributed by atoms with E-state index < -0.39 is 17.6 Å². The Morgan fingerprint density at radius 3 is 1.48 bits per heavy atom. The van der Waals surface area contributed by atoms with Crippen molar-refractivity contribution in [2.24, 2.45) is 11.5 Å². The summed E-state index contributed by atoms with van der Waals surface area (Å²) in [6, 6.07) is 1.63. The Morgan fingerprint density at radius 2 is 1.15 bits per heavy atom. The Kier molecular flexibility index (Phi) is 21.0. The fourth-order valence-corrected chi connectivity index (χ4v) is 6.77. The standard InChI is InChI=1S/C9H23NO3Si.C7H20N2O3Si/c1-4-11-14(12-5-2,13-6-3)9-7-8-10;1-10-13(11-2,12-3)6-4-5-9-7-8/h4-10H2,1-3H3;9H,4-8H2,1-3H3. The first-order valence-corrected chi connectivity index (χ1v) is 13.5. The molecule has 0 bridgehead atoms. The molecule has 5 N–H and O–H groups in total. The molecular formula is C16H43N3O6Si2. The minimum atomic E-state index is -2.40. The van der Waals surface area contributed by atoms with Crippen molar-refractivity contribution < 1.29 is 26.6 Å². The predicted molar refractivity (Wildman–Crippen MR) is 112 cm³/mol. The molecular weight excluding hydrogens is 386 g/mol. The fraction of sp³-hybridized carbons (Fsp3) is 1.00. The Morgan fingerprint density at radius 1 is 0.704 bits per heavy atom. The Bertz CT molecular complexity index is 291. The second kappa shape index (κ2) is 19.4. The van der Waals surface area contributed by atoms with Gasteiger partial charge in [0.15, 0.2) is 0 Å². The minimum absolute atomic E-state index is 0.501. The molecule has 0 heterocycles. The smallest absolute Gasteiger partial charge is 0.377 e. The van der Waals surface area contributed by atoms with Crippen LogP contribution in [0.4, 0.5) is 0 Å². The molecule has 166 valence electrons. The topological polar surface area (TPSA) is 119 Å². The van der Waals surface area contributed by atoms with Gasteiger partial charge in [-0.05, 0) is 46.7 Å². The first kappa shape index (κ1) is 29.3. The predicted octanol–water partition coefficient (Wildman–Crippen LogP) is 1.14. The van der Waals surface area contributed by atoms with Gasteiger partial charge in [0, 0.05) is 59.9 Å². The van der Waals surface area contributed by atoms with Gasteiger partial charge in [-0.3, -0.25) is 0 Å². The molecule has 0 aromatic carbocycles. The van der Waals surface area contributed by atoms with Gasteiger partial charge in [0.2, 0.25) is 0 Å². The third-order valence-corrected chi connectivity index (χ3v) is 9.68. The molecule has 0 fully saturated rings. The summed E-state index contributed by atoms with van der Waals surface area (Å²) in [6.45, 7) is 9.81. The molecule has 0 aliphatic carbocycles. The summed E-state index contributed by atoms with van der Waals surface area (Å²) in [6.07, 6.45) is 1.84. The highest BCUT2D eigenvalue weighted by molar-refractivity contribution is 6.61. The second-order valence-corrected chi connectivity index (χ2v) is 11.3. The van der Waals surface area contributed by atoms with Crippen LogP contribution in [0.3, 0.4) is 0 Å². The summed E-state index contributed by atoms with van der Waals surface area (Å²) in [5.41, 5.74) is 10.8. The molecule has 0 rings (SSSR count). The lowest BCUT2D eigenvalue weighted by molar-refractivity contribution is 0.0710. The lowest BCUT2D eigenvalue weighted by Crippen LogP contribution is -2.46. The van der Waals surface area contributed by atoms with E-state index in [1.54, 1.807) is 21.3 Å². The molecule has 0 radical (unpaired) electrons. The van der Waals surface area contributed by atoms with E-state index in [1.165, 1.54) is 0 Å². The number of hydrogen-bond acceptors (Lipinski definition) is 9. The zero-order valence-electron chi connectivity index (χ0n) is 18.2. The van der Waals surface area contributed by atoms with E-state index in [1.807, 2.05) is 20.8 Å². The van der Waals surface area contributed by atoms with E-state index in [9.17, 15) is 0 Å². The van der Waals surface area contributed by atoms with Crippen LogP contribution in [0, 0.1) is 0 Å². The van der Waals surface area contributed by atoms with Gasteiger partial charge in [-0.25, -0.2) is 0 Å². The zero-order valence-corrected chi connectivity index (χ0v) is 20.2. The van der Waals surface area contributed by atoms with Crippen molar-refractivity contribution in [2.45, 2.75) is 45.7 Å². The lowest BCUT2D eigenvalue weighted by atomic mass is 10.5. The molecule has 0 spiro atoms.